The van der Waals surface area contributed by atoms with Crippen LogP contribution in [0.3, 0.4) is 0 Å². The van der Waals surface area contributed by atoms with Gasteiger partial charge in [0.15, 0.2) is 0 Å². The van der Waals surface area contributed by atoms with Gasteiger partial charge in [-0.2, -0.15) is 0 Å². The molecule has 0 aromatic heterocycles. The Balaban J connectivity index is 1.53. The average Bonchev–Trinajstić information content (AvgIpc) is 2.61. The highest BCUT2D eigenvalue weighted by atomic mass is 16.3. The maximum Gasteiger partial charge on any atom is 0.225 e. The molecule has 2 saturated carbocycles. The number of rotatable bonds is 1. The van der Waals surface area contributed by atoms with Crippen molar-refractivity contribution in [2.75, 3.05) is 13.1 Å². The van der Waals surface area contributed by atoms with Crippen molar-refractivity contribution < 1.29 is 9.90 Å². The predicted molar refractivity (Wildman–Crippen MR) is 70.1 cm³/mol. The number of aliphatic hydroxyl groups is 1. The molecule has 3 aliphatic rings. The van der Waals surface area contributed by atoms with Gasteiger partial charge in [-0.3, -0.25) is 4.79 Å². The monoisotopic (exact) mass is 251 g/mol. The van der Waals surface area contributed by atoms with E-state index in [1.807, 2.05) is 4.90 Å². The molecule has 0 aromatic carbocycles. The lowest BCUT2D eigenvalue weighted by atomic mass is 9.58. The quantitative estimate of drug-likeness (QED) is 0.777. The molecule has 1 N–H and O–H groups in total. The Labute approximate surface area is 110 Å². The molecule has 1 amide bonds. The van der Waals surface area contributed by atoms with Crippen molar-refractivity contribution in [3.05, 3.63) is 0 Å². The SMILES string of the molecule is O=C(C1CC2(CCCCCC2)C1)N1CCC(O)C1. The molecule has 1 aliphatic heterocycles. The van der Waals surface area contributed by atoms with Gasteiger partial charge in [-0.25, -0.2) is 0 Å². The van der Waals surface area contributed by atoms with E-state index < -0.39 is 0 Å². The van der Waals surface area contributed by atoms with Crippen LogP contribution in [-0.2, 0) is 4.79 Å². The summed E-state index contributed by atoms with van der Waals surface area (Å²) in [7, 11) is 0. The molecule has 0 aromatic rings. The maximum absolute atomic E-state index is 12.3. The molecule has 2 aliphatic carbocycles. The van der Waals surface area contributed by atoms with Crippen LogP contribution in [0, 0.1) is 11.3 Å². The second kappa shape index (κ2) is 4.84. The van der Waals surface area contributed by atoms with Crippen LogP contribution in [0.25, 0.3) is 0 Å². The van der Waals surface area contributed by atoms with Crippen LogP contribution in [0.4, 0.5) is 0 Å². The number of hydrogen-bond donors (Lipinski definition) is 1. The standard InChI is InChI=1S/C15H25NO2/c17-13-5-8-16(11-13)14(18)12-9-15(10-12)6-3-1-2-4-7-15/h12-13,17H,1-11H2. The number of β-amino-alcohol motifs (C(OH)–C–C–N with tert-alkyl or cyclic N) is 1. The number of nitrogens with zero attached hydrogens (tertiary/aromatic N) is 1. The van der Waals surface area contributed by atoms with Gasteiger partial charge >= 0.3 is 0 Å². The number of carbonyl (C=O) groups is 1. The molecular weight excluding hydrogens is 226 g/mol. The zero-order valence-corrected chi connectivity index (χ0v) is 11.2. The van der Waals surface area contributed by atoms with E-state index in [1.54, 1.807) is 0 Å². The van der Waals surface area contributed by atoms with Gasteiger partial charge in [-0.15, -0.1) is 0 Å². The second-order valence-electron chi connectivity index (χ2n) is 6.75. The van der Waals surface area contributed by atoms with Crippen molar-refractivity contribution in [1.29, 1.82) is 0 Å². The van der Waals surface area contributed by atoms with E-state index in [-0.39, 0.29) is 12.0 Å². The minimum atomic E-state index is -0.277. The molecular formula is C15H25NO2. The summed E-state index contributed by atoms with van der Waals surface area (Å²) in [5.41, 5.74) is 0.523. The van der Waals surface area contributed by atoms with Crippen LogP contribution in [0.2, 0.25) is 0 Å². The van der Waals surface area contributed by atoms with Crippen molar-refractivity contribution in [2.45, 2.75) is 63.9 Å². The van der Waals surface area contributed by atoms with Gasteiger partial charge in [0, 0.05) is 19.0 Å². The second-order valence-corrected chi connectivity index (χ2v) is 6.75. The third-order valence-electron chi connectivity index (χ3n) is 5.35. The van der Waals surface area contributed by atoms with E-state index in [4.69, 9.17) is 0 Å². The van der Waals surface area contributed by atoms with Crippen molar-refractivity contribution >= 4 is 5.91 Å². The molecule has 18 heavy (non-hydrogen) atoms. The molecule has 3 rings (SSSR count). The van der Waals surface area contributed by atoms with E-state index >= 15 is 0 Å². The normalized spacial score (nSPS) is 32.3. The summed E-state index contributed by atoms with van der Waals surface area (Å²) in [5, 5.41) is 9.51. The molecule has 1 spiro atoms. The van der Waals surface area contributed by atoms with Crippen molar-refractivity contribution in [3.63, 3.8) is 0 Å². The van der Waals surface area contributed by atoms with Gasteiger partial charge in [-0.05, 0) is 37.5 Å². The van der Waals surface area contributed by atoms with Crippen molar-refractivity contribution in [1.82, 2.24) is 4.90 Å². The van der Waals surface area contributed by atoms with E-state index in [0.717, 1.165) is 25.8 Å². The summed E-state index contributed by atoms with van der Waals surface area (Å²) in [6, 6.07) is 0. The first-order valence-corrected chi connectivity index (χ1v) is 7.65. The van der Waals surface area contributed by atoms with Crippen LogP contribution in [0.1, 0.15) is 57.8 Å². The van der Waals surface area contributed by atoms with Crippen LogP contribution in [0.15, 0.2) is 0 Å². The Morgan fingerprint density at radius 1 is 1.11 bits per heavy atom. The van der Waals surface area contributed by atoms with Gasteiger partial charge in [0.2, 0.25) is 5.91 Å². The van der Waals surface area contributed by atoms with Crippen LogP contribution < -0.4 is 0 Å². The summed E-state index contributed by atoms with van der Waals surface area (Å²) >= 11 is 0. The molecule has 1 saturated heterocycles. The van der Waals surface area contributed by atoms with Gasteiger partial charge in [0.1, 0.15) is 0 Å². The molecule has 0 bridgehead atoms. The number of hydrogen-bond acceptors (Lipinski definition) is 2. The molecule has 0 radical (unpaired) electrons. The summed E-state index contributed by atoms with van der Waals surface area (Å²) < 4.78 is 0. The molecule has 3 fully saturated rings. The zero-order chi connectivity index (χ0) is 12.6. The summed E-state index contributed by atoms with van der Waals surface area (Å²) in [5.74, 6) is 0.592. The molecule has 102 valence electrons. The maximum atomic E-state index is 12.3. The Bertz CT molecular complexity index is 312. The van der Waals surface area contributed by atoms with Crippen molar-refractivity contribution in [3.8, 4) is 0 Å². The summed E-state index contributed by atoms with van der Waals surface area (Å²) in [6.45, 7) is 1.34. The van der Waals surface area contributed by atoms with E-state index in [9.17, 15) is 9.90 Å². The lowest BCUT2D eigenvalue weighted by molar-refractivity contribution is -0.143. The highest BCUT2D eigenvalue weighted by Gasteiger charge is 2.48. The van der Waals surface area contributed by atoms with Crippen molar-refractivity contribution in [2.24, 2.45) is 11.3 Å². The highest BCUT2D eigenvalue weighted by Crippen LogP contribution is 2.54. The fourth-order valence-electron chi connectivity index (χ4n) is 4.25. The first kappa shape index (κ1) is 12.5. The van der Waals surface area contributed by atoms with Gasteiger partial charge < -0.3 is 10.0 Å². The average molecular weight is 251 g/mol. The Morgan fingerprint density at radius 3 is 2.33 bits per heavy atom. The van der Waals surface area contributed by atoms with Gasteiger partial charge in [0.25, 0.3) is 0 Å². The predicted octanol–water partition coefficient (Wildman–Crippen LogP) is 2.33. The number of likely N-dealkylation sites (tertiary alicyclic amines) is 1. The smallest absolute Gasteiger partial charge is 0.225 e. The lowest BCUT2D eigenvalue weighted by Crippen LogP contribution is -2.46. The van der Waals surface area contributed by atoms with Gasteiger partial charge in [-0.1, -0.05) is 25.7 Å². The molecule has 3 heteroatoms. The third kappa shape index (κ3) is 2.29. The fourth-order valence-corrected chi connectivity index (χ4v) is 4.25. The highest BCUT2D eigenvalue weighted by molar-refractivity contribution is 5.80. The molecule has 1 atom stereocenters. The zero-order valence-electron chi connectivity index (χ0n) is 11.2. The number of amides is 1. The van der Waals surface area contributed by atoms with Crippen LogP contribution >= 0.6 is 0 Å². The first-order chi connectivity index (χ1) is 8.69. The van der Waals surface area contributed by atoms with E-state index in [1.165, 1.54) is 38.5 Å². The molecule has 1 heterocycles. The Hall–Kier alpha value is -0.570. The van der Waals surface area contributed by atoms with Crippen LogP contribution in [-0.4, -0.2) is 35.1 Å². The van der Waals surface area contributed by atoms with Crippen LogP contribution in [0.5, 0.6) is 0 Å². The molecule has 1 unspecified atom stereocenters. The summed E-state index contributed by atoms with van der Waals surface area (Å²) in [6.07, 6.45) is 10.9. The van der Waals surface area contributed by atoms with E-state index in [2.05, 4.69) is 0 Å². The minimum Gasteiger partial charge on any atom is -0.391 e. The number of carbonyl (C=O) groups excluding carboxylic acids is 1. The Kier molecular flexibility index (Phi) is 3.35. The lowest BCUT2D eigenvalue weighted by Gasteiger charge is -2.48. The first-order valence-electron chi connectivity index (χ1n) is 7.65. The largest absolute Gasteiger partial charge is 0.391 e. The minimum absolute atomic E-state index is 0.272. The fraction of sp³-hybridized carbons (Fsp3) is 0.933. The molecule has 3 nitrogen and oxygen atoms in total. The third-order valence-corrected chi connectivity index (χ3v) is 5.35. The topological polar surface area (TPSA) is 40.5 Å². The Morgan fingerprint density at radius 2 is 1.78 bits per heavy atom. The summed E-state index contributed by atoms with van der Waals surface area (Å²) in [4.78, 5) is 14.2. The van der Waals surface area contributed by atoms with Gasteiger partial charge in [0.05, 0.1) is 6.10 Å². The van der Waals surface area contributed by atoms with E-state index in [0.29, 0.717) is 17.9 Å². The number of aliphatic hydroxyl groups excluding tert-OH is 1.